The molecule has 0 aliphatic carbocycles. The molecule has 0 atom stereocenters. The molecule has 0 amide bonds. The van der Waals surface area contributed by atoms with Crippen molar-refractivity contribution in [2.45, 2.75) is 45.4 Å². The molecule has 0 unspecified atom stereocenters. The molecule has 1 radical (unpaired) electrons. The summed E-state index contributed by atoms with van der Waals surface area (Å²) < 4.78 is 0. The van der Waals surface area contributed by atoms with Crippen LogP contribution in [0, 0.1) is 6.07 Å². The average molecular weight is 227 g/mol. The zero-order valence-electron chi connectivity index (χ0n) is 11.0. The number of allylic oxidation sites excluding steroid dienone is 2. The van der Waals surface area contributed by atoms with Crippen LogP contribution >= 0.6 is 0 Å². The topological polar surface area (TPSA) is 0 Å². The lowest BCUT2D eigenvalue weighted by Crippen LogP contribution is -1.94. The molecule has 1 aromatic carbocycles. The van der Waals surface area contributed by atoms with Gasteiger partial charge in [0.2, 0.25) is 0 Å². The third-order valence-electron chi connectivity index (χ3n) is 2.84. The van der Waals surface area contributed by atoms with E-state index in [0.29, 0.717) is 0 Å². The minimum Gasteiger partial charge on any atom is -0.103 e. The second-order valence-corrected chi connectivity index (χ2v) is 4.48. The zero-order chi connectivity index (χ0) is 12.5. The van der Waals surface area contributed by atoms with Crippen molar-refractivity contribution in [1.82, 2.24) is 0 Å². The van der Waals surface area contributed by atoms with Gasteiger partial charge < -0.3 is 0 Å². The van der Waals surface area contributed by atoms with E-state index in [4.69, 9.17) is 0 Å². The first kappa shape index (κ1) is 13.8. The first-order valence-electron chi connectivity index (χ1n) is 6.56. The molecule has 0 nitrogen and oxygen atoms in total. The molecule has 0 N–H and O–H groups in total. The van der Waals surface area contributed by atoms with Crippen LogP contribution in [0.25, 0.3) is 0 Å². The van der Waals surface area contributed by atoms with Crippen molar-refractivity contribution in [3.05, 3.63) is 60.2 Å². The van der Waals surface area contributed by atoms with Crippen molar-refractivity contribution in [2.24, 2.45) is 0 Å². The Bertz CT molecular complexity index is 332. The van der Waals surface area contributed by atoms with Gasteiger partial charge in [-0.15, -0.1) is 13.2 Å². The molecule has 0 aliphatic rings. The fourth-order valence-electron chi connectivity index (χ4n) is 2.02. The Morgan fingerprint density at radius 3 is 2.12 bits per heavy atom. The van der Waals surface area contributed by atoms with Crippen molar-refractivity contribution in [2.75, 3.05) is 0 Å². The van der Waals surface area contributed by atoms with E-state index in [-0.39, 0.29) is 0 Å². The molecule has 0 spiro atoms. The maximum Gasteiger partial charge on any atom is -0.00938 e. The smallest absolute Gasteiger partial charge is 0.00938 e. The Hall–Kier alpha value is -1.30. The van der Waals surface area contributed by atoms with Gasteiger partial charge in [-0.05, 0) is 48.4 Å². The first-order valence-corrected chi connectivity index (χ1v) is 6.56. The Balaban J connectivity index is 2.78. The van der Waals surface area contributed by atoms with Crippen LogP contribution in [0.3, 0.4) is 0 Å². The van der Waals surface area contributed by atoms with Crippen LogP contribution in [0.15, 0.2) is 37.4 Å². The summed E-state index contributed by atoms with van der Waals surface area (Å²) in [5.41, 5.74) is 3.95. The van der Waals surface area contributed by atoms with Crippen molar-refractivity contribution >= 4 is 0 Å². The fraction of sp³-hybridized carbons (Fsp3) is 0.412. The number of unbranched alkanes of at least 4 members (excludes halogenated alkanes) is 2. The third-order valence-corrected chi connectivity index (χ3v) is 2.84. The van der Waals surface area contributed by atoms with Gasteiger partial charge in [-0.2, -0.15) is 0 Å². The summed E-state index contributed by atoms with van der Waals surface area (Å²) in [5.74, 6) is 0. The number of benzene rings is 1. The molecule has 0 bridgehead atoms. The molecular weight excluding hydrogens is 204 g/mol. The van der Waals surface area contributed by atoms with E-state index in [1.807, 2.05) is 12.2 Å². The highest BCUT2D eigenvalue weighted by Crippen LogP contribution is 2.14. The Morgan fingerprint density at radius 1 is 1.06 bits per heavy atom. The largest absolute Gasteiger partial charge is 0.103 e. The van der Waals surface area contributed by atoms with Crippen molar-refractivity contribution in [3.63, 3.8) is 0 Å². The number of hydrogen-bond acceptors (Lipinski definition) is 0. The van der Waals surface area contributed by atoms with E-state index in [9.17, 15) is 0 Å². The molecule has 0 saturated carbocycles. The Kier molecular flexibility index (Phi) is 6.39. The molecule has 0 aromatic heterocycles. The SMILES string of the molecule is C=CCc1[c]c(CC=C)cc(CCCCC)c1. The second kappa shape index (κ2) is 7.89. The van der Waals surface area contributed by atoms with Crippen LogP contribution in [-0.2, 0) is 19.3 Å². The third kappa shape index (κ3) is 5.04. The molecule has 0 aliphatic heterocycles. The zero-order valence-corrected chi connectivity index (χ0v) is 11.0. The maximum atomic E-state index is 3.80. The van der Waals surface area contributed by atoms with Crippen LogP contribution in [0.2, 0.25) is 0 Å². The van der Waals surface area contributed by atoms with E-state index in [2.05, 4.69) is 38.3 Å². The molecule has 0 heterocycles. The van der Waals surface area contributed by atoms with Gasteiger partial charge in [0, 0.05) is 0 Å². The van der Waals surface area contributed by atoms with Gasteiger partial charge in [0.25, 0.3) is 0 Å². The highest BCUT2D eigenvalue weighted by atomic mass is 14.1. The van der Waals surface area contributed by atoms with Crippen LogP contribution in [0.5, 0.6) is 0 Å². The van der Waals surface area contributed by atoms with Gasteiger partial charge in [-0.3, -0.25) is 0 Å². The van der Waals surface area contributed by atoms with Gasteiger partial charge in [-0.25, -0.2) is 0 Å². The highest BCUT2D eigenvalue weighted by molar-refractivity contribution is 5.31. The highest BCUT2D eigenvalue weighted by Gasteiger charge is 2.00. The molecule has 0 heteroatoms. The van der Waals surface area contributed by atoms with Crippen molar-refractivity contribution < 1.29 is 0 Å². The number of aryl methyl sites for hydroxylation is 1. The molecule has 91 valence electrons. The van der Waals surface area contributed by atoms with E-state index in [0.717, 1.165) is 12.8 Å². The summed E-state index contributed by atoms with van der Waals surface area (Å²) in [6.07, 6.45) is 10.7. The minimum atomic E-state index is 0.908. The monoisotopic (exact) mass is 227 g/mol. The summed E-state index contributed by atoms with van der Waals surface area (Å²) in [5, 5.41) is 0. The van der Waals surface area contributed by atoms with Crippen LogP contribution in [0.1, 0.15) is 42.9 Å². The summed E-state index contributed by atoms with van der Waals surface area (Å²) in [6.45, 7) is 9.83. The molecule has 0 fully saturated rings. The fourth-order valence-corrected chi connectivity index (χ4v) is 2.02. The summed E-state index contributed by atoms with van der Waals surface area (Å²) in [4.78, 5) is 0. The summed E-state index contributed by atoms with van der Waals surface area (Å²) >= 11 is 0. The average Bonchev–Trinajstić information content (AvgIpc) is 2.30. The quantitative estimate of drug-likeness (QED) is 0.447. The van der Waals surface area contributed by atoms with Crippen molar-refractivity contribution in [1.29, 1.82) is 0 Å². The lowest BCUT2D eigenvalue weighted by molar-refractivity contribution is 0.716. The van der Waals surface area contributed by atoms with E-state index in [1.54, 1.807) is 0 Å². The predicted octanol–water partition coefficient (Wildman–Crippen LogP) is 4.68. The van der Waals surface area contributed by atoms with Gasteiger partial charge >= 0.3 is 0 Å². The maximum absolute atomic E-state index is 3.80. The van der Waals surface area contributed by atoms with Crippen molar-refractivity contribution in [3.8, 4) is 0 Å². The molecular formula is C17H23. The van der Waals surface area contributed by atoms with Gasteiger partial charge in [0.1, 0.15) is 0 Å². The standard InChI is InChI=1S/C17H23/c1-4-7-8-11-17-13-15(9-5-2)12-16(14-17)10-6-3/h5-6,13-14H,2-4,7-11H2,1H3. The predicted molar refractivity (Wildman–Crippen MR) is 76.3 cm³/mol. The summed E-state index contributed by atoms with van der Waals surface area (Å²) in [6, 6.07) is 7.97. The lowest BCUT2D eigenvalue weighted by Gasteiger charge is -2.07. The molecule has 0 saturated heterocycles. The van der Waals surface area contributed by atoms with Crippen LogP contribution in [0.4, 0.5) is 0 Å². The molecule has 17 heavy (non-hydrogen) atoms. The molecule has 1 rings (SSSR count). The van der Waals surface area contributed by atoms with E-state index < -0.39 is 0 Å². The van der Waals surface area contributed by atoms with E-state index >= 15 is 0 Å². The van der Waals surface area contributed by atoms with Gasteiger partial charge in [0.15, 0.2) is 0 Å². The first-order chi connectivity index (χ1) is 8.30. The number of hydrogen-bond donors (Lipinski definition) is 0. The molecule has 1 aromatic rings. The van der Waals surface area contributed by atoms with E-state index in [1.165, 1.54) is 42.4 Å². The number of rotatable bonds is 8. The normalized spacial score (nSPS) is 10.2. The Labute approximate surface area is 106 Å². The van der Waals surface area contributed by atoms with Gasteiger partial charge in [-0.1, -0.05) is 44.1 Å². The van der Waals surface area contributed by atoms with Crippen LogP contribution < -0.4 is 0 Å². The summed E-state index contributed by atoms with van der Waals surface area (Å²) in [7, 11) is 0. The van der Waals surface area contributed by atoms with Crippen LogP contribution in [-0.4, -0.2) is 0 Å². The lowest BCUT2D eigenvalue weighted by atomic mass is 9.98. The Morgan fingerprint density at radius 2 is 1.65 bits per heavy atom. The minimum absolute atomic E-state index is 0.908. The second-order valence-electron chi connectivity index (χ2n) is 4.48. The van der Waals surface area contributed by atoms with Gasteiger partial charge in [0.05, 0.1) is 0 Å².